The predicted molar refractivity (Wildman–Crippen MR) is 67.2 cm³/mol. The van der Waals surface area contributed by atoms with Gasteiger partial charge >= 0.3 is 0 Å². The van der Waals surface area contributed by atoms with E-state index >= 15 is 0 Å². The largest absolute Gasteiger partial charge is 0.491 e. The Balaban J connectivity index is 2.19. The maximum Gasteiger partial charge on any atom is 0.227 e. The number of carbonyl (C=O) groups is 1. The number of carbonyl (C=O) groups excluding carboxylic acids is 1. The summed E-state index contributed by atoms with van der Waals surface area (Å²) < 4.78 is 5.61. The summed E-state index contributed by atoms with van der Waals surface area (Å²) in [6.45, 7) is 1.94. The summed E-state index contributed by atoms with van der Waals surface area (Å²) in [6, 6.07) is 7.69. The first-order valence-electron chi connectivity index (χ1n) is 6.05. The van der Waals surface area contributed by atoms with Gasteiger partial charge in [0.2, 0.25) is 5.91 Å². The molecule has 1 aromatic carbocycles. The summed E-state index contributed by atoms with van der Waals surface area (Å²) in [5.41, 5.74) is 6.32. The molecule has 0 spiro atoms. The maximum absolute atomic E-state index is 12.1. The van der Waals surface area contributed by atoms with Crippen LogP contribution in [0.3, 0.4) is 0 Å². The monoisotopic (exact) mass is 234 g/mol. The molecule has 0 saturated carbocycles. The minimum Gasteiger partial charge on any atom is -0.491 e. The van der Waals surface area contributed by atoms with Gasteiger partial charge in [-0.25, -0.2) is 0 Å². The molecule has 0 fully saturated rings. The van der Waals surface area contributed by atoms with Crippen LogP contribution in [0.15, 0.2) is 24.3 Å². The van der Waals surface area contributed by atoms with Gasteiger partial charge in [-0.15, -0.1) is 0 Å². The topological polar surface area (TPSA) is 55.6 Å². The smallest absolute Gasteiger partial charge is 0.227 e. The van der Waals surface area contributed by atoms with E-state index in [9.17, 15) is 4.79 Å². The van der Waals surface area contributed by atoms with Gasteiger partial charge < -0.3 is 15.4 Å². The van der Waals surface area contributed by atoms with E-state index in [2.05, 4.69) is 0 Å². The van der Waals surface area contributed by atoms with E-state index in [0.29, 0.717) is 19.6 Å². The van der Waals surface area contributed by atoms with Crippen molar-refractivity contribution < 1.29 is 9.53 Å². The molecule has 1 aromatic rings. The molecule has 1 heterocycles. The van der Waals surface area contributed by atoms with Crippen LogP contribution in [0, 0.1) is 0 Å². The highest BCUT2D eigenvalue weighted by Crippen LogP contribution is 2.30. The summed E-state index contributed by atoms with van der Waals surface area (Å²) in [7, 11) is 0. The highest BCUT2D eigenvalue weighted by Gasteiger charge is 2.20. The second-order valence-corrected chi connectivity index (χ2v) is 4.11. The van der Waals surface area contributed by atoms with Gasteiger partial charge in [0.25, 0.3) is 0 Å². The van der Waals surface area contributed by atoms with Crippen molar-refractivity contribution in [1.82, 2.24) is 0 Å². The number of hydrogen-bond acceptors (Lipinski definition) is 3. The van der Waals surface area contributed by atoms with Crippen LogP contribution in [-0.4, -0.2) is 25.6 Å². The zero-order valence-corrected chi connectivity index (χ0v) is 9.89. The fourth-order valence-electron chi connectivity index (χ4n) is 1.97. The quantitative estimate of drug-likeness (QED) is 0.863. The van der Waals surface area contributed by atoms with E-state index in [0.717, 1.165) is 30.8 Å². The molecule has 1 amide bonds. The molecular weight excluding hydrogens is 216 g/mol. The first-order valence-corrected chi connectivity index (χ1v) is 6.05. The third-order valence-corrected chi connectivity index (χ3v) is 2.84. The number of nitrogens with zero attached hydrogens (tertiary/aromatic N) is 1. The van der Waals surface area contributed by atoms with E-state index in [1.54, 1.807) is 0 Å². The van der Waals surface area contributed by atoms with E-state index in [4.69, 9.17) is 10.5 Å². The Bertz CT molecular complexity index is 393. The summed E-state index contributed by atoms with van der Waals surface area (Å²) >= 11 is 0. The van der Waals surface area contributed by atoms with Gasteiger partial charge in [0.05, 0.1) is 12.3 Å². The molecule has 4 nitrogen and oxygen atoms in total. The van der Waals surface area contributed by atoms with E-state index in [-0.39, 0.29) is 5.91 Å². The minimum absolute atomic E-state index is 0.133. The Morgan fingerprint density at radius 3 is 3.06 bits per heavy atom. The second kappa shape index (κ2) is 5.68. The van der Waals surface area contributed by atoms with Gasteiger partial charge in [-0.1, -0.05) is 12.1 Å². The number of ether oxygens (including phenoxy) is 1. The number of anilines is 1. The maximum atomic E-state index is 12.1. The summed E-state index contributed by atoms with van der Waals surface area (Å²) in [5, 5.41) is 0. The Labute approximate surface area is 101 Å². The fraction of sp³-hybridized carbons (Fsp3) is 0.462. The highest BCUT2D eigenvalue weighted by molar-refractivity contribution is 5.94. The molecule has 0 aromatic heterocycles. The van der Waals surface area contributed by atoms with Gasteiger partial charge in [0.1, 0.15) is 5.75 Å². The number of fused-ring (bicyclic) bond motifs is 1. The van der Waals surface area contributed by atoms with Gasteiger partial charge in [0, 0.05) is 13.0 Å². The number of amides is 1. The van der Waals surface area contributed by atoms with Crippen LogP contribution in [0.25, 0.3) is 0 Å². The standard InChI is InChI=1S/C13H18N2O2/c14-8-3-7-13(16)15-9-4-10-17-12-6-2-1-5-11(12)15/h1-2,5-6H,3-4,7-10,14H2. The number of nitrogens with two attached hydrogens (primary N) is 1. The van der Waals surface area contributed by atoms with Gasteiger partial charge in [-0.3, -0.25) is 4.79 Å². The van der Waals surface area contributed by atoms with Crippen LogP contribution in [0.4, 0.5) is 5.69 Å². The van der Waals surface area contributed by atoms with Crippen LogP contribution in [-0.2, 0) is 4.79 Å². The molecular formula is C13H18N2O2. The average molecular weight is 234 g/mol. The van der Waals surface area contributed by atoms with Crippen molar-refractivity contribution in [2.45, 2.75) is 19.3 Å². The molecule has 0 unspecified atom stereocenters. The van der Waals surface area contributed by atoms with Crippen LogP contribution < -0.4 is 15.4 Å². The van der Waals surface area contributed by atoms with Crippen molar-refractivity contribution >= 4 is 11.6 Å². The van der Waals surface area contributed by atoms with Gasteiger partial charge in [-0.2, -0.15) is 0 Å². The van der Waals surface area contributed by atoms with E-state index in [1.165, 1.54) is 0 Å². The van der Waals surface area contributed by atoms with Crippen molar-refractivity contribution in [3.63, 3.8) is 0 Å². The molecule has 2 rings (SSSR count). The number of rotatable bonds is 3. The first-order chi connectivity index (χ1) is 8.33. The number of para-hydroxylation sites is 2. The third kappa shape index (κ3) is 2.77. The highest BCUT2D eigenvalue weighted by atomic mass is 16.5. The summed E-state index contributed by atoms with van der Waals surface area (Å²) in [6.07, 6.45) is 2.10. The van der Waals surface area contributed by atoms with Crippen molar-refractivity contribution in [3.05, 3.63) is 24.3 Å². The first kappa shape index (κ1) is 11.9. The van der Waals surface area contributed by atoms with Crippen molar-refractivity contribution in [3.8, 4) is 5.75 Å². The lowest BCUT2D eigenvalue weighted by Crippen LogP contribution is -2.31. The Morgan fingerprint density at radius 1 is 1.41 bits per heavy atom. The SMILES string of the molecule is NCCCC(=O)N1CCCOc2ccccc21. The minimum atomic E-state index is 0.133. The molecule has 0 bridgehead atoms. The lowest BCUT2D eigenvalue weighted by Gasteiger charge is -2.21. The fourth-order valence-corrected chi connectivity index (χ4v) is 1.97. The third-order valence-electron chi connectivity index (χ3n) is 2.84. The van der Waals surface area contributed by atoms with Gasteiger partial charge in [0.15, 0.2) is 0 Å². The molecule has 0 radical (unpaired) electrons. The molecule has 2 N–H and O–H groups in total. The Hall–Kier alpha value is -1.55. The van der Waals surface area contributed by atoms with Crippen LogP contribution in [0.5, 0.6) is 5.75 Å². The molecule has 0 atom stereocenters. The van der Waals surface area contributed by atoms with E-state index < -0.39 is 0 Å². The average Bonchev–Trinajstić information content (AvgIpc) is 2.58. The molecule has 0 saturated heterocycles. The van der Waals surface area contributed by atoms with Crippen molar-refractivity contribution in [2.75, 3.05) is 24.6 Å². The van der Waals surface area contributed by atoms with Crippen LogP contribution in [0.2, 0.25) is 0 Å². The molecule has 4 heteroatoms. The zero-order chi connectivity index (χ0) is 12.1. The Morgan fingerprint density at radius 2 is 2.24 bits per heavy atom. The molecule has 1 aliphatic rings. The van der Waals surface area contributed by atoms with E-state index in [1.807, 2.05) is 29.2 Å². The van der Waals surface area contributed by atoms with Crippen LogP contribution in [0.1, 0.15) is 19.3 Å². The number of hydrogen-bond donors (Lipinski definition) is 1. The molecule has 92 valence electrons. The summed E-state index contributed by atoms with van der Waals surface area (Å²) in [5.74, 6) is 0.930. The number of benzene rings is 1. The van der Waals surface area contributed by atoms with Crippen LogP contribution >= 0.6 is 0 Å². The van der Waals surface area contributed by atoms with Crippen molar-refractivity contribution in [2.24, 2.45) is 5.73 Å². The molecule has 0 aliphatic carbocycles. The van der Waals surface area contributed by atoms with Gasteiger partial charge in [-0.05, 0) is 31.5 Å². The Kier molecular flexibility index (Phi) is 3.98. The summed E-state index contributed by atoms with van der Waals surface area (Å²) in [4.78, 5) is 13.9. The zero-order valence-electron chi connectivity index (χ0n) is 9.89. The lowest BCUT2D eigenvalue weighted by atomic mass is 10.2. The second-order valence-electron chi connectivity index (χ2n) is 4.11. The molecule has 1 aliphatic heterocycles. The predicted octanol–water partition coefficient (Wildman–Crippen LogP) is 1.54. The molecule has 17 heavy (non-hydrogen) atoms. The van der Waals surface area contributed by atoms with Crippen molar-refractivity contribution in [1.29, 1.82) is 0 Å². The normalized spacial score (nSPS) is 14.8. The lowest BCUT2D eigenvalue weighted by molar-refractivity contribution is -0.118.